The number of hydrogen-bond donors (Lipinski definition) is 2. The quantitative estimate of drug-likeness (QED) is 0.825. The first-order chi connectivity index (χ1) is 11.6. The van der Waals surface area contributed by atoms with Crippen LogP contribution in [0.15, 0.2) is 42.7 Å². The molecular weight excluding hydrogens is 330 g/mol. The Morgan fingerprint density at radius 1 is 1.29 bits per heavy atom. The fourth-order valence-corrected chi connectivity index (χ4v) is 3.02. The molecule has 0 bridgehead atoms. The molecule has 1 aliphatic rings. The van der Waals surface area contributed by atoms with E-state index in [2.05, 4.69) is 20.8 Å². The van der Waals surface area contributed by atoms with Gasteiger partial charge in [-0.2, -0.15) is 0 Å². The first kappa shape index (κ1) is 16.2. The number of benzene rings is 1. The highest BCUT2D eigenvalue weighted by Gasteiger charge is 2.42. The van der Waals surface area contributed by atoms with E-state index in [9.17, 15) is 9.59 Å². The third-order valence-corrected chi connectivity index (χ3v) is 4.21. The largest absolute Gasteiger partial charge is 0.338 e. The third-order valence-electron chi connectivity index (χ3n) is 3.98. The number of nitrogens with one attached hydrogen (secondary N) is 2. The minimum absolute atomic E-state index is 0.0870. The summed E-state index contributed by atoms with van der Waals surface area (Å²) in [6, 6.07) is 8.50. The number of amides is 2. The van der Waals surface area contributed by atoms with Crippen molar-refractivity contribution in [3.05, 3.63) is 53.3 Å². The van der Waals surface area contributed by atoms with Crippen molar-refractivity contribution < 1.29 is 9.59 Å². The van der Waals surface area contributed by atoms with Crippen molar-refractivity contribution in [1.29, 1.82) is 0 Å². The standard InChI is InChI=1S/C16H16ClN5O2/c1-22-13(23)9-12(14(22)10-4-2-5-11(17)8-10)15(24)20-21-16-18-6-3-7-19-16/h2-8,12,14H,9H2,1H3,(H,20,24)(H,18,19,21)/t12-,14+/m0/s1. The van der Waals surface area contributed by atoms with E-state index in [4.69, 9.17) is 11.6 Å². The van der Waals surface area contributed by atoms with Crippen molar-refractivity contribution in [2.45, 2.75) is 12.5 Å². The topological polar surface area (TPSA) is 87.2 Å². The summed E-state index contributed by atoms with van der Waals surface area (Å²) >= 11 is 6.04. The fraction of sp³-hybridized carbons (Fsp3) is 0.250. The van der Waals surface area contributed by atoms with Gasteiger partial charge in [0.2, 0.25) is 17.8 Å². The summed E-state index contributed by atoms with van der Waals surface area (Å²) in [5.74, 6) is -0.638. The number of halogens is 1. The van der Waals surface area contributed by atoms with Crippen molar-refractivity contribution in [2.75, 3.05) is 12.5 Å². The molecule has 7 nitrogen and oxygen atoms in total. The lowest BCUT2D eigenvalue weighted by atomic mass is 9.93. The SMILES string of the molecule is CN1C(=O)C[C@H](C(=O)NNc2ncccn2)[C@H]1c1cccc(Cl)c1. The molecule has 0 saturated carbocycles. The number of anilines is 1. The average Bonchev–Trinajstić information content (AvgIpc) is 2.89. The molecule has 24 heavy (non-hydrogen) atoms. The maximum atomic E-state index is 12.5. The van der Waals surface area contributed by atoms with Gasteiger partial charge in [0.1, 0.15) is 0 Å². The number of aromatic nitrogens is 2. The molecule has 1 aliphatic heterocycles. The van der Waals surface area contributed by atoms with E-state index < -0.39 is 5.92 Å². The molecule has 1 fully saturated rings. The van der Waals surface area contributed by atoms with Crippen LogP contribution < -0.4 is 10.9 Å². The van der Waals surface area contributed by atoms with Gasteiger partial charge in [0, 0.05) is 30.9 Å². The van der Waals surface area contributed by atoms with Gasteiger partial charge in [0.05, 0.1) is 12.0 Å². The molecule has 0 aliphatic carbocycles. The molecular formula is C16H16ClN5O2. The van der Waals surface area contributed by atoms with E-state index in [-0.39, 0.29) is 30.2 Å². The van der Waals surface area contributed by atoms with E-state index in [0.29, 0.717) is 5.02 Å². The number of hydrogen-bond acceptors (Lipinski definition) is 5. The summed E-state index contributed by atoms with van der Waals surface area (Å²) in [5, 5.41) is 0.565. The van der Waals surface area contributed by atoms with Crippen LogP contribution in [0, 0.1) is 5.92 Å². The van der Waals surface area contributed by atoms with Crippen molar-refractivity contribution in [3.63, 3.8) is 0 Å². The van der Waals surface area contributed by atoms with E-state index >= 15 is 0 Å². The molecule has 0 spiro atoms. The third kappa shape index (κ3) is 3.30. The number of nitrogens with zero attached hydrogens (tertiary/aromatic N) is 3. The Balaban J connectivity index is 1.77. The van der Waals surface area contributed by atoms with Gasteiger partial charge in [-0.25, -0.2) is 9.97 Å². The zero-order valence-electron chi connectivity index (χ0n) is 12.9. The van der Waals surface area contributed by atoms with Gasteiger partial charge in [-0.15, -0.1) is 0 Å². The Labute approximate surface area is 144 Å². The highest BCUT2D eigenvalue weighted by atomic mass is 35.5. The van der Waals surface area contributed by atoms with Crippen LogP contribution in [0.1, 0.15) is 18.0 Å². The summed E-state index contributed by atoms with van der Waals surface area (Å²) < 4.78 is 0. The molecule has 2 amide bonds. The molecule has 2 atom stereocenters. The fourth-order valence-electron chi connectivity index (χ4n) is 2.83. The number of rotatable bonds is 4. The van der Waals surface area contributed by atoms with Crippen LogP contribution in [-0.4, -0.2) is 33.7 Å². The Bertz CT molecular complexity index is 755. The van der Waals surface area contributed by atoms with Crippen LogP contribution in [0.3, 0.4) is 0 Å². The average molecular weight is 346 g/mol. The van der Waals surface area contributed by atoms with E-state index in [1.165, 1.54) is 0 Å². The molecule has 1 saturated heterocycles. The number of hydrazine groups is 1. The summed E-state index contributed by atoms with van der Waals surface area (Å²) in [6.45, 7) is 0. The van der Waals surface area contributed by atoms with Gasteiger partial charge in [-0.05, 0) is 23.8 Å². The molecule has 1 aromatic heterocycles. The number of likely N-dealkylation sites (tertiary alicyclic amines) is 1. The van der Waals surface area contributed by atoms with Gasteiger partial charge in [-0.1, -0.05) is 23.7 Å². The van der Waals surface area contributed by atoms with Gasteiger partial charge in [0.15, 0.2) is 0 Å². The summed E-state index contributed by atoms with van der Waals surface area (Å²) in [4.78, 5) is 34.1. The zero-order valence-corrected chi connectivity index (χ0v) is 13.7. The van der Waals surface area contributed by atoms with Crippen LogP contribution in [0.2, 0.25) is 5.02 Å². The maximum absolute atomic E-state index is 12.5. The Morgan fingerprint density at radius 3 is 2.75 bits per heavy atom. The smallest absolute Gasteiger partial charge is 0.244 e. The minimum atomic E-state index is -0.530. The Hall–Kier alpha value is -2.67. The van der Waals surface area contributed by atoms with Crippen molar-refractivity contribution >= 4 is 29.4 Å². The van der Waals surface area contributed by atoms with Crippen LogP contribution >= 0.6 is 11.6 Å². The monoisotopic (exact) mass is 345 g/mol. The molecule has 3 rings (SSSR count). The predicted octanol–water partition coefficient (Wildman–Crippen LogP) is 1.79. The van der Waals surface area contributed by atoms with E-state index in [0.717, 1.165) is 5.56 Å². The Kier molecular flexibility index (Phi) is 4.61. The molecule has 0 unspecified atom stereocenters. The molecule has 2 heterocycles. The van der Waals surface area contributed by atoms with E-state index in [1.54, 1.807) is 48.6 Å². The molecule has 124 valence electrons. The van der Waals surface area contributed by atoms with Crippen LogP contribution in [-0.2, 0) is 9.59 Å². The van der Waals surface area contributed by atoms with Crippen LogP contribution in [0.5, 0.6) is 0 Å². The van der Waals surface area contributed by atoms with Crippen LogP contribution in [0.25, 0.3) is 0 Å². The van der Waals surface area contributed by atoms with Gasteiger partial charge in [0.25, 0.3) is 0 Å². The molecule has 2 N–H and O–H groups in total. The molecule has 2 aromatic rings. The summed E-state index contributed by atoms with van der Waals surface area (Å²) in [6.07, 6.45) is 3.25. The number of carbonyl (C=O) groups excluding carboxylic acids is 2. The molecule has 0 radical (unpaired) electrons. The Morgan fingerprint density at radius 2 is 2.04 bits per heavy atom. The van der Waals surface area contributed by atoms with Crippen molar-refractivity contribution in [3.8, 4) is 0 Å². The lowest BCUT2D eigenvalue weighted by Gasteiger charge is -2.25. The zero-order chi connectivity index (χ0) is 17.1. The highest BCUT2D eigenvalue weighted by Crippen LogP contribution is 2.37. The second kappa shape index (κ2) is 6.84. The lowest BCUT2D eigenvalue weighted by Crippen LogP contribution is -2.38. The maximum Gasteiger partial charge on any atom is 0.244 e. The molecule has 8 heteroatoms. The highest BCUT2D eigenvalue weighted by molar-refractivity contribution is 6.30. The van der Waals surface area contributed by atoms with E-state index in [1.807, 2.05) is 6.07 Å². The molecule has 1 aromatic carbocycles. The first-order valence-corrected chi connectivity index (χ1v) is 7.78. The van der Waals surface area contributed by atoms with Crippen molar-refractivity contribution in [1.82, 2.24) is 20.3 Å². The van der Waals surface area contributed by atoms with Gasteiger partial charge < -0.3 is 4.90 Å². The first-order valence-electron chi connectivity index (χ1n) is 7.40. The van der Waals surface area contributed by atoms with Gasteiger partial charge >= 0.3 is 0 Å². The summed E-state index contributed by atoms with van der Waals surface area (Å²) in [5.41, 5.74) is 6.05. The van der Waals surface area contributed by atoms with Crippen LogP contribution in [0.4, 0.5) is 5.95 Å². The second-order valence-electron chi connectivity index (χ2n) is 5.50. The minimum Gasteiger partial charge on any atom is -0.338 e. The lowest BCUT2D eigenvalue weighted by molar-refractivity contribution is -0.128. The summed E-state index contributed by atoms with van der Waals surface area (Å²) in [7, 11) is 1.69. The second-order valence-corrected chi connectivity index (χ2v) is 5.94. The van der Waals surface area contributed by atoms with Crippen molar-refractivity contribution in [2.24, 2.45) is 5.92 Å². The van der Waals surface area contributed by atoms with Gasteiger partial charge in [-0.3, -0.25) is 20.4 Å². The number of carbonyl (C=O) groups is 2. The predicted molar refractivity (Wildman–Crippen MR) is 88.9 cm³/mol. The normalized spacial score (nSPS) is 20.1.